The van der Waals surface area contributed by atoms with Crippen molar-refractivity contribution >= 4 is 15.7 Å². The minimum atomic E-state index is -3.72. The zero-order valence-corrected chi connectivity index (χ0v) is 15.6. The van der Waals surface area contributed by atoms with E-state index < -0.39 is 10.0 Å². The first-order valence-corrected chi connectivity index (χ1v) is 9.73. The van der Waals surface area contributed by atoms with Crippen molar-refractivity contribution in [2.24, 2.45) is 0 Å². The Morgan fingerprint density at radius 1 is 0.846 bits per heavy atom. The fraction of sp³-hybridized carbons (Fsp3) is 0.143. The van der Waals surface area contributed by atoms with Gasteiger partial charge in [-0.05, 0) is 37.3 Å². The Hall–Kier alpha value is -2.79. The first kappa shape index (κ1) is 18.0. The molecule has 0 N–H and O–H groups in total. The molecule has 0 heterocycles. The highest BCUT2D eigenvalue weighted by molar-refractivity contribution is 7.92. The quantitative estimate of drug-likeness (QED) is 0.649. The predicted octanol–water partition coefficient (Wildman–Crippen LogP) is 4.40. The van der Waals surface area contributed by atoms with Gasteiger partial charge in [0.25, 0.3) is 10.0 Å². The normalized spacial score (nSPS) is 11.2. The van der Waals surface area contributed by atoms with Crippen LogP contribution in [0.5, 0.6) is 5.75 Å². The molecule has 0 aromatic heterocycles. The topological polar surface area (TPSA) is 46.6 Å². The van der Waals surface area contributed by atoms with E-state index >= 15 is 0 Å². The van der Waals surface area contributed by atoms with Crippen LogP contribution in [-0.4, -0.2) is 15.5 Å². The number of sulfonamides is 1. The second kappa shape index (κ2) is 7.62. The maximum Gasteiger partial charge on any atom is 0.264 e. The average molecular weight is 367 g/mol. The number of nitrogens with zero attached hydrogens (tertiary/aromatic N) is 1. The van der Waals surface area contributed by atoms with Gasteiger partial charge in [-0.2, -0.15) is 0 Å². The van der Waals surface area contributed by atoms with Gasteiger partial charge in [0, 0.05) is 5.56 Å². The van der Waals surface area contributed by atoms with E-state index in [2.05, 4.69) is 0 Å². The number of rotatable bonds is 6. The van der Waals surface area contributed by atoms with Gasteiger partial charge in [-0.25, -0.2) is 8.42 Å². The van der Waals surface area contributed by atoms with E-state index in [0.717, 1.165) is 11.1 Å². The second-order valence-corrected chi connectivity index (χ2v) is 7.83. The molecule has 5 heteroatoms. The molecule has 3 aromatic carbocycles. The molecule has 0 atom stereocenters. The van der Waals surface area contributed by atoms with Crippen molar-refractivity contribution in [2.45, 2.75) is 18.4 Å². The standard InChI is InChI=1S/C21H21NO3S/c1-17-12-14-20(15-13-17)26(23,24)22(19-9-4-3-5-10-19)16-18-8-6-7-11-21(18)25-2/h3-15H,16H2,1-2H3. The Balaban J connectivity index is 2.08. The van der Waals surface area contributed by atoms with Crippen LogP contribution in [0.25, 0.3) is 0 Å². The molecule has 0 aliphatic carbocycles. The molecule has 0 spiro atoms. The zero-order valence-electron chi connectivity index (χ0n) is 14.8. The third-order valence-electron chi connectivity index (χ3n) is 4.16. The summed E-state index contributed by atoms with van der Waals surface area (Å²) in [6.07, 6.45) is 0. The lowest BCUT2D eigenvalue weighted by molar-refractivity contribution is 0.410. The largest absolute Gasteiger partial charge is 0.496 e. The number of hydrogen-bond donors (Lipinski definition) is 0. The van der Waals surface area contributed by atoms with Gasteiger partial charge < -0.3 is 4.74 Å². The van der Waals surface area contributed by atoms with Crippen LogP contribution < -0.4 is 9.04 Å². The molecule has 26 heavy (non-hydrogen) atoms. The Labute approximate surface area is 154 Å². The Morgan fingerprint density at radius 2 is 1.46 bits per heavy atom. The highest BCUT2D eigenvalue weighted by Gasteiger charge is 2.26. The summed E-state index contributed by atoms with van der Waals surface area (Å²) in [7, 11) is -2.13. The van der Waals surface area contributed by atoms with Crippen LogP contribution >= 0.6 is 0 Å². The van der Waals surface area contributed by atoms with Crippen LogP contribution in [0.2, 0.25) is 0 Å². The molecule has 0 saturated heterocycles. The molecule has 0 unspecified atom stereocenters. The van der Waals surface area contributed by atoms with E-state index in [4.69, 9.17) is 4.74 Å². The molecule has 0 aliphatic heterocycles. The smallest absolute Gasteiger partial charge is 0.264 e. The molecular weight excluding hydrogens is 346 g/mol. The van der Waals surface area contributed by atoms with Gasteiger partial charge in [0.05, 0.1) is 24.2 Å². The van der Waals surface area contributed by atoms with Crippen molar-refractivity contribution in [3.05, 3.63) is 90.0 Å². The number of benzene rings is 3. The summed E-state index contributed by atoms with van der Waals surface area (Å²) in [5.41, 5.74) is 2.42. The van der Waals surface area contributed by atoms with Gasteiger partial charge in [-0.15, -0.1) is 0 Å². The molecule has 0 radical (unpaired) electrons. The summed E-state index contributed by atoms with van der Waals surface area (Å²) in [6.45, 7) is 2.12. The SMILES string of the molecule is COc1ccccc1CN(c1ccccc1)S(=O)(=O)c1ccc(C)cc1. The van der Waals surface area contributed by atoms with Crippen molar-refractivity contribution in [3.8, 4) is 5.75 Å². The molecule has 0 saturated carbocycles. The summed E-state index contributed by atoms with van der Waals surface area (Å²) < 4.78 is 33.5. The number of ether oxygens (including phenoxy) is 1. The van der Waals surface area contributed by atoms with Crippen molar-refractivity contribution in [1.29, 1.82) is 0 Å². The van der Waals surface area contributed by atoms with Crippen molar-refractivity contribution < 1.29 is 13.2 Å². The number of anilines is 1. The van der Waals surface area contributed by atoms with Crippen LogP contribution in [0.15, 0.2) is 83.8 Å². The lowest BCUT2D eigenvalue weighted by Crippen LogP contribution is -2.30. The fourth-order valence-electron chi connectivity index (χ4n) is 2.74. The minimum absolute atomic E-state index is 0.185. The summed E-state index contributed by atoms with van der Waals surface area (Å²) >= 11 is 0. The van der Waals surface area contributed by atoms with Crippen molar-refractivity contribution in [2.75, 3.05) is 11.4 Å². The maximum atomic E-state index is 13.3. The van der Waals surface area contributed by atoms with E-state index in [-0.39, 0.29) is 11.4 Å². The average Bonchev–Trinajstić information content (AvgIpc) is 2.67. The molecule has 134 valence electrons. The summed E-state index contributed by atoms with van der Waals surface area (Å²) in [4.78, 5) is 0.266. The van der Waals surface area contributed by atoms with Gasteiger partial charge in [0.15, 0.2) is 0 Å². The third-order valence-corrected chi connectivity index (χ3v) is 5.95. The van der Waals surface area contributed by atoms with E-state index in [9.17, 15) is 8.42 Å². The van der Waals surface area contributed by atoms with Gasteiger partial charge in [0.2, 0.25) is 0 Å². The van der Waals surface area contributed by atoms with E-state index in [0.29, 0.717) is 11.4 Å². The van der Waals surface area contributed by atoms with E-state index in [1.54, 1.807) is 43.5 Å². The molecule has 0 aliphatic rings. The van der Waals surface area contributed by atoms with Crippen LogP contribution in [0.3, 0.4) is 0 Å². The number of hydrogen-bond acceptors (Lipinski definition) is 3. The molecule has 0 amide bonds. The van der Waals surface area contributed by atoms with Gasteiger partial charge in [-0.3, -0.25) is 4.31 Å². The summed E-state index contributed by atoms with van der Waals surface area (Å²) in [5, 5.41) is 0. The highest BCUT2D eigenvalue weighted by Crippen LogP contribution is 2.28. The number of aryl methyl sites for hydroxylation is 1. The summed E-state index contributed by atoms with van der Waals surface area (Å²) in [6, 6.07) is 23.4. The van der Waals surface area contributed by atoms with Crippen molar-refractivity contribution in [3.63, 3.8) is 0 Å². The van der Waals surface area contributed by atoms with E-state index in [1.807, 2.05) is 49.4 Å². The second-order valence-electron chi connectivity index (χ2n) is 5.97. The lowest BCUT2D eigenvalue weighted by atomic mass is 10.2. The molecule has 3 aromatic rings. The zero-order chi connectivity index (χ0) is 18.6. The fourth-order valence-corrected chi connectivity index (χ4v) is 4.18. The third kappa shape index (κ3) is 3.73. The van der Waals surface area contributed by atoms with Crippen LogP contribution in [0.4, 0.5) is 5.69 Å². The number of methoxy groups -OCH3 is 1. The molecule has 4 nitrogen and oxygen atoms in total. The van der Waals surface area contributed by atoms with Gasteiger partial charge in [0.1, 0.15) is 5.75 Å². The molecular formula is C21H21NO3S. The monoisotopic (exact) mass is 367 g/mol. The van der Waals surface area contributed by atoms with E-state index in [1.165, 1.54) is 4.31 Å². The van der Waals surface area contributed by atoms with Gasteiger partial charge in [-0.1, -0.05) is 54.1 Å². The Kier molecular flexibility index (Phi) is 5.28. The van der Waals surface area contributed by atoms with Crippen LogP contribution in [0, 0.1) is 6.92 Å². The minimum Gasteiger partial charge on any atom is -0.496 e. The first-order chi connectivity index (χ1) is 12.5. The lowest BCUT2D eigenvalue weighted by Gasteiger charge is -2.25. The molecule has 0 fully saturated rings. The van der Waals surface area contributed by atoms with Crippen LogP contribution in [-0.2, 0) is 16.6 Å². The Bertz CT molecular complexity index is 968. The van der Waals surface area contributed by atoms with Crippen LogP contribution in [0.1, 0.15) is 11.1 Å². The number of para-hydroxylation sites is 2. The van der Waals surface area contributed by atoms with Crippen molar-refractivity contribution in [1.82, 2.24) is 0 Å². The maximum absolute atomic E-state index is 13.3. The Morgan fingerprint density at radius 3 is 2.12 bits per heavy atom. The highest BCUT2D eigenvalue weighted by atomic mass is 32.2. The molecule has 0 bridgehead atoms. The van der Waals surface area contributed by atoms with Gasteiger partial charge >= 0.3 is 0 Å². The predicted molar refractivity (Wildman–Crippen MR) is 104 cm³/mol. The summed E-state index contributed by atoms with van der Waals surface area (Å²) in [5.74, 6) is 0.660. The first-order valence-electron chi connectivity index (χ1n) is 8.29. The molecule has 3 rings (SSSR count).